The molecule has 7 nitrogen and oxygen atoms in total. The number of rotatable bonds is 4. The number of carbonyl (C=O) groups excluding carboxylic acids is 2. The van der Waals surface area contributed by atoms with Gasteiger partial charge in [0.2, 0.25) is 0 Å². The van der Waals surface area contributed by atoms with Gasteiger partial charge in [0, 0.05) is 12.6 Å². The number of fused-ring (bicyclic) bond motifs is 1. The van der Waals surface area contributed by atoms with E-state index < -0.39 is 5.91 Å². The second kappa shape index (κ2) is 6.76. The summed E-state index contributed by atoms with van der Waals surface area (Å²) in [7, 11) is 0. The number of amides is 2. The van der Waals surface area contributed by atoms with E-state index in [9.17, 15) is 9.59 Å². The van der Waals surface area contributed by atoms with Gasteiger partial charge >= 0.3 is 0 Å². The highest BCUT2D eigenvalue weighted by Gasteiger charge is 2.13. The standard InChI is InChI=1S/C16H16ClN5O2/c1-2-14-19-11-5-3-4-6-13(11)22(14)9-15(23)20-21-16(24)12-7-10(17)8-18-12/h3-8,18H,2,9H2,1H3,(H,20,23)(H,21,24). The van der Waals surface area contributed by atoms with Gasteiger partial charge in [-0.2, -0.15) is 0 Å². The van der Waals surface area contributed by atoms with E-state index in [4.69, 9.17) is 11.6 Å². The van der Waals surface area contributed by atoms with E-state index in [1.165, 1.54) is 12.3 Å². The molecule has 2 heterocycles. The van der Waals surface area contributed by atoms with Gasteiger partial charge in [-0.1, -0.05) is 30.7 Å². The molecule has 0 radical (unpaired) electrons. The van der Waals surface area contributed by atoms with Crippen LogP contribution in [0.1, 0.15) is 23.2 Å². The SMILES string of the molecule is CCc1nc2ccccc2n1CC(=O)NNC(=O)c1cc(Cl)c[nH]1. The van der Waals surface area contributed by atoms with Crippen LogP contribution in [0.5, 0.6) is 0 Å². The molecule has 0 saturated heterocycles. The Bertz CT molecular complexity index is 899. The van der Waals surface area contributed by atoms with E-state index in [0.717, 1.165) is 16.9 Å². The molecule has 0 aliphatic carbocycles. The van der Waals surface area contributed by atoms with Crippen LogP contribution in [0.4, 0.5) is 0 Å². The molecule has 24 heavy (non-hydrogen) atoms. The predicted molar refractivity (Wildman–Crippen MR) is 90.5 cm³/mol. The first-order chi connectivity index (χ1) is 11.6. The average Bonchev–Trinajstić information content (AvgIpc) is 3.17. The summed E-state index contributed by atoms with van der Waals surface area (Å²) in [6.07, 6.45) is 2.19. The van der Waals surface area contributed by atoms with Crippen LogP contribution in [0.2, 0.25) is 5.02 Å². The smallest absolute Gasteiger partial charge is 0.286 e. The number of nitrogens with one attached hydrogen (secondary N) is 3. The van der Waals surface area contributed by atoms with Crippen molar-refractivity contribution in [1.82, 2.24) is 25.4 Å². The summed E-state index contributed by atoms with van der Waals surface area (Å²) in [4.78, 5) is 31.2. The van der Waals surface area contributed by atoms with Gasteiger partial charge in [-0.15, -0.1) is 0 Å². The van der Waals surface area contributed by atoms with Crippen LogP contribution in [-0.4, -0.2) is 26.3 Å². The van der Waals surface area contributed by atoms with Crippen LogP contribution in [-0.2, 0) is 17.8 Å². The van der Waals surface area contributed by atoms with Crippen molar-refractivity contribution >= 4 is 34.4 Å². The minimum absolute atomic E-state index is 0.0649. The number of hydrazine groups is 1. The Morgan fingerprint density at radius 3 is 2.79 bits per heavy atom. The number of para-hydroxylation sites is 2. The van der Waals surface area contributed by atoms with Crippen molar-refractivity contribution in [3.05, 3.63) is 53.1 Å². The number of hydrogen-bond donors (Lipinski definition) is 3. The molecule has 3 N–H and O–H groups in total. The number of carbonyl (C=O) groups is 2. The van der Waals surface area contributed by atoms with Crippen molar-refractivity contribution in [1.29, 1.82) is 0 Å². The average molecular weight is 346 g/mol. The summed E-state index contributed by atoms with van der Waals surface area (Å²) >= 11 is 5.74. The molecule has 0 unspecified atom stereocenters. The third kappa shape index (κ3) is 3.26. The first-order valence-corrected chi connectivity index (χ1v) is 7.83. The van der Waals surface area contributed by atoms with Crippen LogP contribution in [0.15, 0.2) is 36.5 Å². The number of hydrogen-bond acceptors (Lipinski definition) is 3. The Hall–Kier alpha value is -2.80. The fraction of sp³-hybridized carbons (Fsp3) is 0.188. The van der Waals surface area contributed by atoms with Crippen LogP contribution < -0.4 is 10.9 Å². The summed E-state index contributed by atoms with van der Waals surface area (Å²) < 4.78 is 1.84. The van der Waals surface area contributed by atoms with Gasteiger partial charge in [0.1, 0.15) is 18.1 Å². The van der Waals surface area contributed by atoms with Crippen molar-refractivity contribution in [2.24, 2.45) is 0 Å². The molecule has 124 valence electrons. The van der Waals surface area contributed by atoms with E-state index >= 15 is 0 Å². The van der Waals surface area contributed by atoms with Gasteiger partial charge in [0.05, 0.1) is 16.1 Å². The largest absolute Gasteiger partial charge is 0.356 e. The predicted octanol–water partition coefficient (Wildman–Crippen LogP) is 2.04. The second-order valence-corrected chi connectivity index (χ2v) is 5.63. The van der Waals surface area contributed by atoms with Crippen LogP contribution in [0.25, 0.3) is 11.0 Å². The van der Waals surface area contributed by atoms with Gasteiger partial charge in [-0.25, -0.2) is 4.98 Å². The molecule has 8 heteroatoms. The quantitative estimate of drug-likeness (QED) is 0.632. The topological polar surface area (TPSA) is 91.8 Å². The summed E-state index contributed by atoms with van der Waals surface area (Å²) in [5.74, 6) is -0.00543. The van der Waals surface area contributed by atoms with E-state index in [2.05, 4.69) is 20.8 Å². The summed E-state index contributed by atoms with van der Waals surface area (Å²) in [5, 5.41) is 0.420. The molecule has 0 aliphatic heterocycles. The van der Waals surface area contributed by atoms with Gasteiger partial charge in [-0.3, -0.25) is 20.4 Å². The van der Waals surface area contributed by atoms with Crippen molar-refractivity contribution < 1.29 is 9.59 Å². The molecular weight excluding hydrogens is 330 g/mol. The number of halogens is 1. The highest BCUT2D eigenvalue weighted by molar-refractivity contribution is 6.30. The number of aromatic amines is 1. The molecule has 0 spiro atoms. The molecule has 2 amide bonds. The minimum atomic E-state index is -0.471. The lowest BCUT2D eigenvalue weighted by Gasteiger charge is -2.09. The monoisotopic (exact) mass is 345 g/mol. The molecule has 0 saturated carbocycles. The fourth-order valence-electron chi connectivity index (χ4n) is 2.45. The van der Waals surface area contributed by atoms with Crippen LogP contribution >= 0.6 is 11.6 Å². The second-order valence-electron chi connectivity index (χ2n) is 5.19. The molecule has 1 aromatic carbocycles. The molecule has 0 atom stereocenters. The summed E-state index contributed by atoms with van der Waals surface area (Å²) in [5.41, 5.74) is 6.73. The molecular formula is C16H16ClN5O2. The zero-order valence-electron chi connectivity index (χ0n) is 13.0. The Kier molecular flexibility index (Phi) is 4.52. The van der Waals surface area contributed by atoms with Crippen LogP contribution in [0.3, 0.4) is 0 Å². The van der Waals surface area contributed by atoms with Crippen molar-refractivity contribution in [2.75, 3.05) is 0 Å². The lowest BCUT2D eigenvalue weighted by atomic mass is 10.3. The number of imidazole rings is 1. The minimum Gasteiger partial charge on any atom is -0.356 e. The van der Waals surface area contributed by atoms with Gasteiger partial charge in [0.15, 0.2) is 0 Å². The molecule has 3 rings (SSSR count). The first kappa shape index (κ1) is 16.1. The number of H-pyrrole nitrogens is 1. The maximum atomic E-state index is 12.2. The molecule has 2 aromatic heterocycles. The number of aryl methyl sites for hydroxylation is 1. The summed E-state index contributed by atoms with van der Waals surface area (Å²) in [6, 6.07) is 9.09. The maximum absolute atomic E-state index is 12.2. The molecule has 0 fully saturated rings. The van der Waals surface area contributed by atoms with Gasteiger partial charge < -0.3 is 9.55 Å². The van der Waals surface area contributed by atoms with Gasteiger partial charge in [-0.05, 0) is 18.2 Å². The third-order valence-corrected chi connectivity index (χ3v) is 3.78. The third-order valence-electron chi connectivity index (χ3n) is 3.56. The van der Waals surface area contributed by atoms with E-state index in [0.29, 0.717) is 11.4 Å². The van der Waals surface area contributed by atoms with Crippen molar-refractivity contribution in [2.45, 2.75) is 19.9 Å². The summed E-state index contributed by atoms with van der Waals surface area (Å²) in [6.45, 7) is 2.04. The number of nitrogens with zero attached hydrogens (tertiary/aromatic N) is 2. The number of benzene rings is 1. The fourth-order valence-corrected chi connectivity index (χ4v) is 2.61. The lowest BCUT2D eigenvalue weighted by Crippen LogP contribution is -2.43. The highest BCUT2D eigenvalue weighted by atomic mass is 35.5. The molecule has 0 aliphatic rings. The van der Waals surface area contributed by atoms with E-state index in [1.54, 1.807) is 0 Å². The van der Waals surface area contributed by atoms with E-state index in [1.807, 2.05) is 35.8 Å². The van der Waals surface area contributed by atoms with E-state index in [-0.39, 0.29) is 18.1 Å². The molecule has 0 bridgehead atoms. The zero-order valence-corrected chi connectivity index (χ0v) is 13.7. The normalized spacial score (nSPS) is 10.8. The Morgan fingerprint density at radius 1 is 1.29 bits per heavy atom. The molecule has 3 aromatic rings. The highest BCUT2D eigenvalue weighted by Crippen LogP contribution is 2.16. The zero-order chi connectivity index (χ0) is 17.1. The number of aromatic nitrogens is 3. The van der Waals surface area contributed by atoms with Crippen molar-refractivity contribution in [3.63, 3.8) is 0 Å². The van der Waals surface area contributed by atoms with Gasteiger partial charge in [0.25, 0.3) is 11.8 Å². The van der Waals surface area contributed by atoms with Crippen LogP contribution in [0, 0.1) is 0 Å². The Labute approximate surface area is 143 Å². The first-order valence-electron chi connectivity index (χ1n) is 7.45. The van der Waals surface area contributed by atoms with Crippen molar-refractivity contribution in [3.8, 4) is 0 Å². The Balaban J connectivity index is 1.68. The lowest BCUT2D eigenvalue weighted by molar-refractivity contribution is -0.122. The maximum Gasteiger partial charge on any atom is 0.286 e. The Morgan fingerprint density at radius 2 is 2.08 bits per heavy atom.